The van der Waals surface area contributed by atoms with Gasteiger partial charge in [0.05, 0.1) is 22.4 Å². The first-order chi connectivity index (χ1) is 10.2. The molecule has 0 aliphatic heterocycles. The van der Waals surface area contributed by atoms with Gasteiger partial charge in [-0.25, -0.2) is 0 Å². The molecule has 0 amide bonds. The summed E-state index contributed by atoms with van der Waals surface area (Å²) in [6.07, 6.45) is 4.26. The van der Waals surface area contributed by atoms with Crippen molar-refractivity contribution in [1.82, 2.24) is 19.7 Å². The Kier molecular flexibility index (Phi) is 6.06. The fourth-order valence-electron chi connectivity index (χ4n) is 2.49. The molecular formula is C16H25BrN4. The third kappa shape index (κ3) is 3.77. The van der Waals surface area contributed by atoms with E-state index in [0.29, 0.717) is 0 Å². The first kappa shape index (κ1) is 16.3. The van der Waals surface area contributed by atoms with Gasteiger partial charge in [-0.1, -0.05) is 13.8 Å². The highest BCUT2D eigenvalue weighted by atomic mass is 79.9. The SMILES string of the molecule is CCCNCc1cccn1Cc1c(Br)c(CC)nn1CC. The molecule has 2 aromatic heterocycles. The molecule has 2 heterocycles. The Bertz CT molecular complexity index is 571. The van der Waals surface area contributed by atoms with Crippen molar-refractivity contribution >= 4 is 15.9 Å². The summed E-state index contributed by atoms with van der Waals surface area (Å²) < 4.78 is 5.57. The second-order valence-electron chi connectivity index (χ2n) is 5.18. The van der Waals surface area contributed by atoms with Crippen LogP contribution in [0, 0.1) is 0 Å². The maximum Gasteiger partial charge on any atom is 0.0767 e. The highest BCUT2D eigenvalue weighted by molar-refractivity contribution is 9.10. The molecule has 0 atom stereocenters. The van der Waals surface area contributed by atoms with Gasteiger partial charge in [-0.3, -0.25) is 4.68 Å². The number of halogens is 1. The molecule has 2 rings (SSSR count). The molecular weight excluding hydrogens is 328 g/mol. The molecule has 21 heavy (non-hydrogen) atoms. The van der Waals surface area contributed by atoms with Gasteiger partial charge in [0.1, 0.15) is 0 Å². The largest absolute Gasteiger partial charge is 0.344 e. The molecule has 116 valence electrons. The van der Waals surface area contributed by atoms with Gasteiger partial charge < -0.3 is 9.88 Å². The molecule has 0 aromatic carbocycles. The van der Waals surface area contributed by atoms with Crippen LogP contribution in [0.4, 0.5) is 0 Å². The fourth-order valence-corrected chi connectivity index (χ4v) is 3.18. The lowest BCUT2D eigenvalue weighted by Crippen LogP contribution is -2.17. The van der Waals surface area contributed by atoms with Crippen LogP contribution >= 0.6 is 15.9 Å². The molecule has 0 unspecified atom stereocenters. The van der Waals surface area contributed by atoms with Crippen molar-refractivity contribution in [2.45, 2.75) is 53.2 Å². The zero-order valence-corrected chi connectivity index (χ0v) is 14.8. The highest BCUT2D eigenvalue weighted by Gasteiger charge is 2.14. The van der Waals surface area contributed by atoms with Gasteiger partial charge in [-0.05, 0) is 54.4 Å². The average molecular weight is 353 g/mol. The summed E-state index contributed by atoms with van der Waals surface area (Å²) in [5, 5.41) is 8.14. The Labute approximate surface area is 135 Å². The molecule has 0 radical (unpaired) electrons. The highest BCUT2D eigenvalue weighted by Crippen LogP contribution is 2.23. The molecule has 0 aliphatic rings. The molecule has 2 aromatic rings. The lowest BCUT2D eigenvalue weighted by Gasteiger charge is -2.12. The number of rotatable bonds is 8. The van der Waals surface area contributed by atoms with Crippen LogP contribution in [0.1, 0.15) is 44.3 Å². The molecule has 0 spiro atoms. The summed E-state index contributed by atoms with van der Waals surface area (Å²) in [4.78, 5) is 0. The molecule has 0 saturated carbocycles. The number of hydrogen-bond acceptors (Lipinski definition) is 2. The van der Waals surface area contributed by atoms with Crippen LogP contribution < -0.4 is 5.32 Å². The van der Waals surface area contributed by atoms with Crippen molar-refractivity contribution in [3.63, 3.8) is 0 Å². The minimum absolute atomic E-state index is 0.859. The van der Waals surface area contributed by atoms with E-state index < -0.39 is 0 Å². The van der Waals surface area contributed by atoms with Gasteiger partial charge >= 0.3 is 0 Å². The van der Waals surface area contributed by atoms with Crippen LogP contribution in [0.5, 0.6) is 0 Å². The van der Waals surface area contributed by atoms with Crippen molar-refractivity contribution in [3.05, 3.63) is 39.9 Å². The van der Waals surface area contributed by atoms with E-state index in [9.17, 15) is 0 Å². The van der Waals surface area contributed by atoms with E-state index in [1.165, 1.54) is 11.4 Å². The van der Waals surface area contributed by atoms with Crippen LogP contribution in [-0.4, -0.2) is 20.9 Å². The van der Waals surface area contributed by atoms with E-state index in [1.54, 1.807) is 0 Å². The van der Waals surface area contributed by atoms with Gasteiger partial charge in [0.2, 0.25) is 0 Å². The molecule has 5 heteroatoms. The average Bonchev–Trinajstić information content (AvgIpc) is 3.05. The van der Waals surface area contributed by atoms with Crippen molar-refractivity contribution in [1.29, 1.82) is 0 Å². The molecule has 1 N–H and O–H groups in total. The summed E-state index contributed by atoms with van der Waals surface area (Å²) in [7, 11) is 0. The lowest BCUT2D eigenvalue weighted by molar-refractivity contribution is 0.576. The topological polar surface area (TPSA) is 34.8 Å². The molecule has 0 bridgehead atoms. The Morgan fingerprint density at radius 2 is 2.10 bits per heavy atom. The van der Waals surface area contributed by atoms with Gasteiger partial charge in [-0.2, -0.15) is 5.10 Å². The number of nitrogens with one attached hydrogen (secondary N) is 1. The van der Waals surface area contributed by atoms with Crippen LogP contribution in [-0.2, 0) is 26.1 Å². The summed E-state index contributed by atoms with van der Waals surface area (Å²) >= 11 is 3.72. The van der Waals surface area contributed by atoms with Crippen LogP contribution in [0.25, 0.3) is 0 Å². The Hall–Kier alpha value is -1.07. The smallest absolute Gasteiger partial charge is 0.0767 e. The van der Waals surface area contributed by atoms with E-state index in [-0.39, 0.29) is 0 Å². The summed E-state index contributed by atoms with van der Waals surface area (Å²) in [6.45, 7) is 10.2. The first-order valence-electron chi connectivity index (χ1n) is 7.79. The molecule has 4 nitrogen and oxygen atoms in total. The van der Waals surface area contributed by atoms with Gasteiger partial charge in [0.15, 0.2) is 0 Å². The Balaban J connectivity index is 2.18. The predicted molar refractivity (Wildman–Crippen MR) is 90.5 cm³/mol. The second-order valence-corrected chi connectivity index (χ2v) is 5.97. The van der Waals surface area contributed by atoms with E-state index in [2.05, 4.69) is 74.7 Å². The fraction of sp³-hybridized carbons (Fsp3) is 0.562. The van der Waals surface area contributed by atoms with Crippen LogP contribution in [0.2, 0.25) is 0 Å². The minimum Gasteiger partial charge on any atom is -0.344 e. The van der Waals surface area contributed by atoms with Gasteiger partial charge in [0, 0.05) is 25.0 Å². The maximum absolute atomic E-state index is 4.67. The van der Waals surface area contributed by atoms with Crippen molar-refractivity contribution in [3.8, 4) is 0 Å². The number of aryl methyl sites for hydroxylation is 2. The third-order valence-corrected chi connectivity index (χ3v) is 4.59. The van der Waals surface area contributed by atoms with E-state index >= 15 is 0 Å². The summed E-state index contributed by atoms with van der Waals surface area (Å²) in [5.74, 6) is 0. The Morgan fingerprint density at radius 1 is 1.29 bits per heavy atom. The van der Waals surface area contributed by atoms with E-state index in [0.717, 1.165) is 49.2 Å². The normalized spacial score (nSPS) is 11.2. The minimum atomic E-state index is 0.859. The van der Waals surface area contributed by atoms with Crippen molar-refractivity contribution in [2.75, 3.05) is 6.54 Å². The number of hydrogen-bond donors (Lipinski definition) is 1. The lowest BCUT2D eigenvalue weighted by atomic mass is 10.3. The number of aromatic nitrogens is 3. The first-order valence-corrected chi connectivity index (χ1v) is 8.59. The molecule has 0 fully saturated rings. The van der Waals surface area contributed by atoms with Crippen molar-refractivity contribution in [2.24, 2.45) is 0 Å². The van der Waals surface area contributed by atoms with Crippen molar-refractivity contribution < 1.29 is 0 Å². The Morgan fingerprint density at radius 3 is 2.76 bits per heavy atom. The molecule has 0 aliphatic carbocycles. The number of nitrogens with zero attached hydrogens (tertiary/aromatic N) is 3. The predicted octanol–water partition coefficient (Wildman–Crippen LogP) is 3.58. The summed E-state index contributed by atoms with van der Waals surface area (Å²) in [5.41, 5.74) is 3.71. The van der Waals surface area contributed by atoms with E-state index in [4.69, 9.17) is 0 Å². The van der Waals surface area contributed by atoms with Gasteiger partial charge in [-0.15, -0.1) is 0 Å². The van der Waals surface area contributed by atoms with E-state index in [1.807, 2.05) is 0 Å². The standard InChI is InChI=1S/C16H25BrN4/c1-4-9-18-11-13-8-7-10-20(13)12-15-16(17)14(5-2)19-21(15)6-3/h7-8,10,18H,4-6,9,11-12H2,1-3H3. The molecule has 0 saturated heterocycles. The summed E-state index contributed by atoms with van der Waals surface area (Å²) in [6, 6.07) is 4.30. The maximum atomic E-state index is 4.67. The zero-order valence-electron chi connectivity index (χ0n) is 13.2. The monoisotopic (exact) mass is 352 g/mol. The zero-order chi connectivity index (χ0) is 15.2. The van der Waals surface area contributed by atoms with Crippen LogP contribution in [0.3, 0.4) is 0 Å². The quantitative estimate of drug-likeness (QED) is 0.737. The van der Waals surface area contributed by atoms with Crippen LogP contribution in [0.15, 0.2) is 22.8 Å². The third-order valence-electron chi connectivity index (χ3n) is 3.67. The van der Waals surface area contributed by atoms with Gasteiger partial charge in [0.25, 0.3) is 0 Å². The second kappa shape index (κ2) is 7.80.